The van der Waals surface area contributed by atoms with Gasteiger partial charge in [-0.15, -0.1) is 0 Å². The van der Waals surface area contributed by atoms with Crippen LogP contribution in [-0.4, -0.2) is 98.7 Å². The Balaban J connectivity index is 0.768. The molecule has 2 fully saturated rings. The molecule has 2 saturated heterocycles. The summed E-state index contributed by atoms with van der Waals surface area (Å²) in [6.07, 6.45) is 10.1. The number of benzene rings is 3. The highest BCUT2D eigenvalue weighted by Gasteiger charge is 2.44. The van der Waals surface area contributed by atoms with Crippen LogP contribution in [0.4, 0.5) is 25.8 Å². The van der Waals surface area contributed by atoms with Crippen molar-refractivity contribution in [2.45, 2.75) is 115 Å². The van der Waals surface area contributed by atoms with Gasteiger partial charge in [0, 0.05) is 100 Å². The predicted molar refractivity (Wildman–Crippen MR) is 248 cm³/mol. The number of hydrogen-bond donors (Lipinski definition) is 2. The van der Waals surface area contributed by atoms with Gasteiger partial charge in [0.25, 0.3) is 18.2 Å². The van der Waals surface area contributed by atoms with E-state index >= 15 is 0 Å². The van der Waals surface area contributed by atoms with Crippen LogP contribution in [-0.2, 0) is 45.6 Å². The van der Waals surface area contributed by atoms with E-state index < -0.39 is 36.1 Å². The third kappa shape index (κ3) is 9.44. The maximum Gasteiger partial charge on any atom is 0.264 e. The molecule has 6 amide bonds. The number of unbranched alkanes of at least 4 members (excludes halogenated alkanes) is 4. The number of fused-ring (bicyclic) bond motifs is 3. The number of carbonyl (C=O) groups is 6. The molecule has 3 aromatic carbocycles. The molecule has 0 spiro atoms. The van der Waals surface area contributed by atoms with Crippen LogP contribution >= 0.6 is 0 Å². The Kier molecular flexibility index (Phi) is 13.2. The van der Waals surface area contributed by atoms with Gasteiger partial charge in [-0.2, -0.15) is 5.10 Å². The zero-order valence-electron chi connectivity index (χ0n) is 38.3. The van der Waals surface area contributed by atoms with E-state index in [4.69, 9.17) is 0 Å². The van der Waals surface area contributed by atoms with Gasteiger partial charge in [-0.3, -0.25) is 43.7 Å². The van der Waals surface area contributed by atoms with Crippen LogP contribution in [0.25, 0.3) is 11.1 Å². The van der Waals surface area contributed by atoms with Crippen LogP contribution in [0, 0.1) is 0 Å². The zero-order valence-corrected chi connectivity index (χ0v) is 38.3. The van der Waals surface area contributed by atoms with Crippen LogP contribution < -0.4 is 15.5 Å². The molecule has 14 nitrogen and oxygen atoms in total. The Morgan fingerprint density at radius 3 is 2.33 bits per heavy atom. The molecule has 2 N–H and O–H groups in total. The minimum atomic E-state index is -2.67. The van der Waals surface area contributed by atoms with Gasteiger partial charge in [-0.05, 0) is 121 Å². The molecule has 0 aliphatic carbocycles. The number of hydrogen-bond acceptors (Lipinski definition) is 9. The van der Waals surface area contributed by atoms with Crippen LogP contribution in [0.5, 0.6) is 0 Å². The van der Waals surface area contributed by atoms with Crippen LogP contribution in [0.1, 0.15) is 138 Å². The topological polar surface area (TPSA) is 157 Å². The smallest absolute Gasteiger partial charge is 0.264 e. The van der Waals surface area contributed by atoms with Crippen molar-refractivity contribution in [1.82, 2.24) is 29.8 Å². The van der Waals surface area contributed by atoms with Crippen LogP contribution in [0.15, 0.2) is 54.9 Å². The number of nitrogens with one attached hydrogen (secondary N) is 2. The lowest BCUT2D eigenvalue weighted by atomic mass is 9.84. The van der Waals surface area contributed by atoms with E-state index in [0.29, 0.717) is 62.5 Å². The average molecular weight is 917 g/mol. The highest BCUT2D eigenvalue weighted by Crippen LogP contribution is 2.45. The zero-order chi connectivity index (χ0) is 46.9. The summed E-state index contributed by atoms with van der Waals surface area (Å²) in [5.74, 6) is -1.66. The number of anilines is 3. The number of amides is 6. The van der Waals surface area contributed by atoms with Crippen molar-refractivity contribution < 1.29 is 37.5 Å². The number of halogens is 2. The lowest BCUT2D eigenvalue weighted by Gasteiger charge is -2.39. The summed E-state index contributed by atoms with van der Waals surface area (Å²) in [6.45, 7) is 5.42. The van der Waals surface area contributed by atoms with Gasteiger partial charge >= 0.3 is 0 Å². The lowest BCUT2D eigenvalue weighted by molar-refractivity contribution is -0.136. The second-order valence-electron chi connectivity index (χ2n) is 18.7. The largest absolute Gasteiger partial charge is 0.385 e. The van der Waals surface area contributed by atoms with Crippen molar-refractivity contribution in [2.24, 2.45) is 7.05 Å². The van der Waals surface area contributed by atoms with Crippen LogP contribution in [0.3, 0.4) is 0 Å². The SMILES string of the molecule is CC(=O)N1CCc2cc(C3CCN(C(=O)CCCCCCCNc4ccc5c(c4)C(=O)N(C4CCC(=O)NC4=O)C5=O)CC3)cc(N3CCCc4cc(-c5cnn(C)c5)c(C(F)F)cc43)c2C1. The normalized spacial score (nSPS) is 18.6. The van der Waals surface area contributed by atoms with Crippen molar-refractivity contribution >= 4 is 52.5 Å². The summed E-state index contributed by atoms with van der Waals surface area (Å²) in [6, 6.07) is 12.1. The molecule has 1 unspecified atom stereocenters. The molecule has 0 saturated carbocycles. The summed E-state index contributed by atoms with van der Waals surface area (Å²) in [7, 11) is 1.78. The Hall–Kier alpha value is -6.45. The summed E-state index contributed by atoms with van der Waals surface area (Å²) in [5, 5.41) is 9.79. The number of carbonyl (C=O) groups excluding carboxylic acids is 6. The molecule has 6 heterocycles. The van der Waals surface area contributed by atoms with E-state index in [1.165, 1.54) is 11.1 Å². The molecule has 67 heavy (non-hydrogen) atoms. The lowest BCUT2D eigenvalue weighted by Crippen LogP contribution is -2.54. The van der Waals surface area contributed by atoms with E-state index in [-0.39, 0.29) is 47.3 Å². The summed E-state index contributed by atoms with van der Waals surface area (Å²) < 4.78 is 31.2. The molecular weight excluding hydrogens is 859 g/mol. The predicted octanol–water partition coefficient (Wildman–Crippen LogP) is 7.57. The maximum atomic E-state index is 14.8. The molecule has 0 bridgehead atoms. The average Bonchev–Trinajstić information content (AvgIpc) is 3.87. The van der Waals surface area contributed by atoms with Crippen molar-refractivity contribution in [2.75, 3.05) is 42.9 Å². The summed E-state index contributed by atoms with van der Waals surface area (Å²) in [5.41, 5.74) is 8.64. The second-order valence-corrected chi connectivity index (χ2v) is 18.7. The van der Waals surface area contributed by atoms with Crippen molar-refractivity contribution in [1.29, 1.82) is 0 Å². The molecular formula is C51H58F2N8O6. The summed E-state index contributed by atoms with van der Waals surface area (Å²) >= 11 is 0. The van der Waals surface area contributed by atoms with Gasteiger partial charge in [0.1, 0.15) is 6.04 Å². The minimum Gasteiger partial charge on any atom is -0.385 e. The second kappa shape index (κ2) is 19.4. The van der Waals surface area contributed by atoms with E-state index in [9.17, 15) is 37.5 Å². The quantitative estimate of drug-likeness (QED) is 0.0962. The van der Waals surface area contributed by atoms with Gasteiger partial charge in [-0.1, -0.05) is 25.3 Å². The molecule has 5 aliphatic heterocycles. The van der Waals surface area contributed by atoms with Crippen molar-refractivity contribution in [3.05, 3.63) is 93.8 Å². The first-order valence-corrected chi connectivity index (χ1v) is 23.8. The molecule has 1 atom stereocenters. The minimum absolute atomic E-state index is 0.0168. The number of imide groups is 2. The molecule has 5 aliphatic rings. The van der Waals surface area contributed by atoms with Gasteiger partial charge in [0.05, 0.1) is 17.3 Å². The number of aryl methyl sites for hydroxylation is 2. The molecule has 1 aromatic heterocycles. The first-order valence-electron chi connectivity index (χ1n) is 23.8. The number of piperidine rings is 2. The Morgan fingerprint density at radius 2 is 1.58 bits per heavy atom. The van der Waals surface area contributed by atoms with Gasteiger partial charge < -0.3 is 20.0 Å². The number of nitrogens with zero attached hydrogens (tertiary/aromatic N) is 6. The fourth-order valence-electron chi connectivity index (χ4n) is 10.7. The number of alkyl halides is 2. The summed E-state index contributed by atoms with van der Waals surface area (Å²) in [4.78, 5) is 83.2. The van der Waals surface area contributed by atoms with Gasteiger partial charge in [0.2, 0.25) is 23.6 Å². The third-order valence-corrected chi connectivity index (χ3v) is 14.4. The molecule has 4 aromatic rings. The Morgan fingerprint density at radius 1 is 0.806 bits per heavy atom. The highest BCUT2D eigenvalue weighted by molar-refractivity contribution is 6.23. The fraction of sp³-hybridized carbons (Fsp3) is 0.471. The van der Waals surface area contributed by atoms with Crippen molar-refractivity contribution in [3.8, 4) is 11.1 Å². The van der Waals surface area contributed by atoms with Gasteiger partial charge in [-0.25, -0.2) is 8.78 Å². The van der Waals surface area contributed by atoms with E-state index in [1.54, 1.807) is 55.3 Å². The number of rotatable bonds is 14. The standard InChI is InChI=1S/C51H58F2N8O6/c1-31(62)59-22-17-33-23-35(25-45(42(33)30-59)60-19-8-9-34-24-39(36-28-55-57(2)29-36)40(48(52)53)27-44(34)60)32-15-20-58(21-16-32)47(64)10-6-4-3-5-7-18-54-37-11-12-38-41(26-37)51(67)61(50(38)66)43-13-14-46(63)56-49(43)65/h11-12,23-29,32,43,48,54H,3-10,13-22,30H2,1-2H3,(H,56,63,65). The maximum absolute atomic E-state index is 14.8. The highest BCUT2D eigenvalue weighted by atomic mass is 19.3. The number of likely N-dealkylation sites (tertiary alicyclic amines) is 1. The molecule has 352 valence electrons. The van der Waals surface area contributed by atoms with Crippen molar-refractivity contribution in [3.63, 3.8) is 0 Å². The first kappa shape index (κ1) is 45.7. The molecule has 9 rings (SSSR count). The molecule has 0 radical (unpaired) electrons. The van der Waals surface area contributed by atoms with Crippen LogP contribution in [0.2, 0.25) is 0 Å². The monoisotopic (exact) mass is 916 g/mol. The first-order chi connectivity index (χ1) is 32.3. The van der Waals surface area contributed by atoms with E-state index in [1.807, 2.05) is 15.9 Å². The van der Waals surface area contributed by atoms with Gasteiger partial charge in [0.15, 0.2) is 0 Å². The third-order valence-electron chi connectivity index (χ3n) is 14.4. The Labute approximate surface area is 389 Å². The Bertz CT molecular complexity index is 2620. The fourth-order valence-corrected chi connectivity index (χ4v) is 10.7. The van der Waals surface area contributed by atoms with E-state index in [0.717, 1.165) is 91.6 Å². The number of aromatic nitrogens is 2. The molecule has 16 heteroatoms. The van der Waals surface area contributed by atoms with E-state index in [2.05, 4.69) is 32.8 Å².